The Labute approximate surface area is 172 Å². The standard InChI is InChI=1S/C25H43NO2/c1-2-3-14-26-15-8-4-5-9-19-16-21-18-25(28)22(23(21)17-19)12-13-24(27)20-10-6-7-11-20/h9,12-13,20-28H,2-8,10-11,14-18H2,1H3/t21-,22+,23-,24+,25+/m0/s1. The van der Waals surface area contributed by atoms with Crippen LogP contribution < -0.4 is 5.32 Å². The normalized spacial score (nSPS) is 33.3. The van der Waals surface area contributed by atoms with Crippen molar-refractivity contribution in [1.82, 2.24) is 5.32 Å². The van der Waals surface area contributed by atoms with Crippen LogP contribution in [0.3, 0.4) is 0 Å². The summed E-state index contributed by atoms with van der Waals surface area (Å²) >= 11 is 0. The average Bonchev–Trinajstić information content (AvgIpc) is 3.39. The van der Waals surface area contributed by atoms with Gasteiger partial charge >= 0.3 is 0 Å². The molecule has 0 aromatic rings. The molecule has 0 aromatic carbocycles. The maximum atomic E-state index is 10.5. The van der Waals surface area contributed by atoms with Crippen LogP contribution >= 0.6 is 0 Å². The van der Waals surface area contributed by atoms with Gasteiger partial charge in [0.25, 0.3) is 0 Å². The maximum absolute atomic E-state index is 10.5. The van der Waals surface area contributed by atoms with Gasteiger partial charge in [-0.05, 0) is 88.6 Å². The van der Waals surface area contributed by atoms with Crippen LogP contribution in [0.1, 0.15) is 84.0 Å². The third kappa shape index (κ3) is 6.18. The summed E-state index contributed by atoms with van der Waals surface area (Å²) < 4.78 is 0. The Kier molecular flexibility index (Phi) is 9.07. The second-order valence-corrected chi connectivity index (χ2v) is 9.59. The van der Waals surface area contributed by atoms with Gasteiger partial charge in [0.15, 0.2) is 0 Å². The smallest absolute Gasteiger partial charge is 0.0749 e. The molecule has 0 spiro atoms. The van der Waals surface area contributed by atoms with E-state index >= 15 is 0 Å². The second-order valence-electron chi connectivity index (χ2n) is 9.59. The van der Waals surface area contributed by atoms with Gasteiger partial charge in [0.05, 0.1) is 12.2 Å². The highest BCUT2D eigenvalue weighted by Crippen LogP contribution is 2.50. The highest BCUT2D eigenvalue weighted by Gasteiger charge is 2.45. The number of rotatable bonds is 11. The Morgan fingerprint density at radius 2 is 1.89 bits per heavy atom. The first-order valence-electron chi connectivity index (χ1n) is 12.1. The molecule has 28 heavy (non-hydrogen) atoms. The zero-order valence-electron chi connectivity index (χ0n) is 18.0. The molecule has 0 aromatic heterocycles. The van der Waals surface area contributed by atoms with E-state index in [4.69, 9.17) is 0 Å². The van der Waals surface area contributed by atoms with Crippen molar-refractivity contribution >= 4 is 0 Å². The lowest BCUT2D eigenvalue weighted by Crippen LogP contribution is -2.19. The molecule has 3 heteroatoms. The number of hydrogen-bond acceptors (Lipinski definition) is 3. The molecule has 3 nitrogen and oxygen atoms in total. The molecule has 3 N–H and O–H groups in total. The minimum Gasteiger partial charge on any atom is -0.392 e. The van der Waals surface area contributed by atoms with Crippen molar-refractivity contribution in [3.05, 3.63) is 23.8 Å². The third-order valence-corrected chi connectivity index (χ3v) is 7.47. The zero-order chi connectivity index (χ0) is 19.8. The van der Waals surface area contributed by atoms with E-state index in [1.165, 1.54) is 51.4 Å². The molecule has 0 radical (unpaired) electrons. The fourth-order valence-electron chi connectivity index (χ4n) is 5.77. The first-order valence-corrected chi connectivity index (χ1v) is 12.1. The predicted molar refractivity (Wildman–Crippen MR) is 117 cm³/mol. The first-order chi connectivity index (χ1) is 13.7. The minimum absolute atomic E-state index is 0.210. The van der Waals surface area contributed by atoms with Gasteiger partial charge in [0.2, 0.25) is 0 Å². The molecular formula is C25H43NO2. The fourth-order valence-corrected chi connectivity index (χ4v) is 5.77. The zero-order valence-corrected chi connectivity index (χ0v) is 18.0. The van der Waals surface area contributed by atoms with Crippen LogP contribution in [-0.4, -0.2) is 35.5 Å². The predicted octanol–water partition coefficient (Wildman–Crippen LogP) is 4.99. The van der Waals surface area contributed by atoms with Crippen LogP contribution in [0.15, 0.2) is 23.8 Å². The molecule has 0 heterocycles. The summed E-state index contributed by atoms with van der Waals surface area (Å²) in [6, 6.07) is 0. The average molecular weight is 390 g/mol. The monoisotopic (exact) mass is 389 g/mol. The quantitative estimate of drug-likeness (QED) is 0.345. The summed E-state index contributed by atoms with van der Waals surface area (Å²) in [4.78, 5) is 0. The Morgan fingerprint density at radius 3 is 2.68 bits per heavy atom. The highest BCUT2D eigenvalue weighted by molar-refractivity contribution is 5.18. The number of fused-ring (bicyclic) bond motifs is 1. The number of nitrogens with one attached hydrogen (secondary N) is 1. The van der Waals surface area contributed by atoms with Crippen LogP contribution in [-0.2, 0) is 0 Å². The fraction of sp³-hybridized carbons (Fsp3) is 0.840. The molecule has 0 saturated heterocycles. The molecule has 0 aliphatic heterocycles. The second kappa shape index (κ2) is 11.5. The van der Waals surface area contributed by atoms with E-state index in [0.717, 1.165) is 38.8 Å². The van der Waals surface area contributed by atoms with Crippen molar-refractivity contribution in [3.63, 3.8) is 0 Å². The molecular weight excluding hydrogens is 346 g/mol. The van der Waals surface area contributed by atoms with Crippen molar-refractivity contribution in [2.45, 2.75) is 96.2 Å². The van der Waals surface area contributed by atoms with Gasteiger partial charge in [-0.15, -0.1) is 0 Å². The van der Waals surface area contributed by atoms with Crippen LogP contribution in [0.4, 0.5) is 0 Å². The highest BCUT2D eigenvalue weighted by atomic mass is 16.3. The van der Waals surface area contributed by atoms with Gasteiger partial charge in [0.1, 0.15) is 0 Å². The summed E-state index contributed by atoms with van der Waals surface area (Å²) in [7, 11) is 0. The lowest BCUT2D eigenvalue weighted by atomic mass is 9.89. The molecule has 160 valence electrons. The van der Waals surface area contributed by atoms with E-state index in [9.17, 15) is 10.2 Å². The van der Waals surface area contributed by atoms with Crippen LogP contribution in [0, 0.1) is 23.7 Å². The summed E-state index contributed by atoms with van der Waals surface area (Å²) in [6.45, 7) is 4.55. The van der Waals surface area contributed by atoms with Gasteiger partial charge in [-0.25, -0.2) is 0 Å². The van der Waals surface area contributed by atoms with Crippen molar-refractivity contribution in [3.8, 4) is 0 Å². The van der Waals surface area contributed by atoms with E-state index in [-0.39, 0.29) is 18.1 Å². The van der Waals surface area contributed by atoms with Crippen molar-refractivity contribution < 1.29 is 10.2 Å². The van der Waals surface area contributed by atoms with Crippen molar-refractivity contribution in [2.24, 2.45) is 23.7 Å². The molecule has 3 aliphatic rings. The SMILES string of the molecule is CCCCNCCCCC=C1C[C@H]2C[C@@H](O)[C@H](C=C[C@@H](O)C3CCCC3)[C@H]2C1. The molecule has 3 rings (SSSR count). The van der Waals surface area contributed by atoms with Crippen molar-refractivity contribution in [2.75, 3.05) is 13.1 Å². The Balaban J connectivity index is 1.40. The molecule has 3 aliphatic carbocycles. The Morgan fingerprint density at radius 1 is 1.11 bits per heavy atom. The lowest BCUT2D eigenvalue weighted by molar-refractivity contribution is 0.135. The molecule has 0 unspecified atom stereocenters. The van der Waals surface area contributed by atoms with Gasteiger partial charge in [-0.1, -0.05) is 50.0 Å². The Bertz CT molecular complexity index is 509. The summed E-state index contributed by atoms with van der Waals surface area (Å²) in [6.07, 6.45) is 20.6. The number of aliphatic hydroxyl groups excluding tert-OH is 2. The van der Waals surface area contributed by atoms with Gasteiger partial charge < -0.3 is 15.5 Å². The van der Waals surface area contributed by atoms with E-state index < -0.39 is 0 Å². The summed E-state index contributed by atoms with van der Waals surface area (Å²) in [5, 5.41) is 24.5. The van der Waals surface area contributed by atoms with Gasteiger partial charge in [0, 0.05) is 5.92 Å². The first kappa shape index (κ1) is 22.1. The third-order valence-electron chi connectivity index (χ3n) is 7.47. The van der Waals surface area contributed by atoms with Crippen LogP contribution in [0.25, 0.3) is 0 Å². The lowest BCUT2D eigenvalue weighted by Gasteiger charge is -2.19. The van der Waals surface area contributed by atoms with E-state index in [1.807, 2.05) is 6.08 Å². The molecule has 3 saturated carbocycles. The Hall–Kier alpha value is -0.640. The van der Waals surface area contributed by atoms with E-state index in [1.54, 1.807) is 5.57 Å². The number of unbranched alkanes of at least 4 members (excludes halogenated alkanes) is 3. The number of aliphatic hydroxyl groups is 2. The largest absolute Gasteiger partial charge is 0.392 e. The number of hydrogen-bond donors (Lipinski definition) is 3. The van der Waals surface area contributed by atoms with E-state index in [0.29, 0.717) is 17.8 Å². The van der Waals surface area contributed by atoms with Crippen LogP contribution in [0.2, 0.25) is 0 Å². The molecule has 0 bridgehead atoms. The minimum atomic E-state index is -0.309. The van der Waals surface area contributed by atoms with Crippen molar-refractivity contribution in [1.29, 1.82) is 0 Å². The van der Waals surface area contributed by atoms with Gasteiger partial charge in [-0.3, -0.25) is 0 Å². The topological polar surface area (TPSA) is 52.5 Å². The summed E-state index contributed by atoms with van der Waals surface area (Å²) in [5.74, 6) is 1.93. The maximum Gasteiger partial charge on any atom is 0.0749 e. The molecule has 5 atom stereocenters. The summed E-state index contributed by atoms with van der Waals surface area (Å²) in [5.41, 5.74) is 1.62. The van der Waals surface area contributed by atoms with E-state index in [2.05, 4.69) is 24.4 Å². The molecule has 3 fully saturated rings. The van der Waals surface area contributed by atoms with Gasteiger partial charge in [-0.2, -0.15) is 0 Å². The van der Waals surface area contributed by atoms with Crippen LogP contribution in [0.5, 0.6) is 0 Å². The number of allylic oxidation sites excluding steroid dienone is 2. The molecule has 0 amide bonds.